The quantitative estimate of drug-likeness (QED) is 0.795. The summed E-state index contributed by atoms with van der Waals surface area (Å²) in [6.07, 6.45) is 0.209. The van der Waals surface area contributed by atoms with Gasteiger partial charge in [-0.25, -0.2) is 10.0 Å². The Labute approximate surface area is 105 Å². The highest BCUT2D eigenvalue weighted by Gasteiger charge is 2.30. The topological polar surface area (TPSA) is 83.5 Å². The molecular formula is C11H15N5O2. The van der Waals surface area contributed by atoms with Crippen LogP contribution in [0.4, 0.5) is 5.69 Å². The molecule has 2 rings (SSSR count). The molecule has 96 valence electrons. The number of aldehydes is 1. The molecule has 0 aliphatic carbocycles. The van der Waals surface area contributed by atoms with Gasteiger partial charge in [-0.1, -0.05) is 17.4 Å². The Morgan fingerprint density at radius 1 is 1.50 bits per heavy atom. The lowest BCUT2D eigenvalue weighted by atomic mass is 10.1. The van der Waals surface area contributed by atoms with Gasteiger partial charge in [-0.3, -0.25) is 4.79 Å². The number of methoxy groups -OCH3 is 1. The van der Waals surface area contributed by atoms with Crippen LogP contribution in [0.5, 0.6) is 5.75 Å². The molecule has 0 saturated heterocycles. The zero-order valence-electron chi connectivity index (χ0n) is 10.3. The van der Waals surface area contributed by atoms with Gasteiger partial charge in [0.2, 0.25) is 0 Å². The van der Waals surface area contributed by atoms with Crippen LogP contribution in [0.2, 0.25) is 0 Å². The van der Waals surface area contributed by atoms with Crippen LogP contribution in [0, 0.1) is 0 Å². The first-order valence-electron chi connectivity index (χ1n) is 5.47. The molecule has 0 bridgehead atoms. The van der Waals surface area contributed by atoms with Crippen LogP contribution in [0.15, 0.2) is 28.6 Å². The highest BCUT2D eigenvalue weighted by molar-refractivity contribution is 5.70. The molecule has 1 atom stereocenters. The van der Waals surface area contributed by atoms with E-state index < -0.39 is 6.17 Å². The molecule has 1 aromatic rings. The van der Waals surface area contributed by atoms with Crippen molar-refractivity contribution in [3.63, 3.8) is 0 Å². The Morgan fingerprint density at radius 2 is 2.28 bits per heavy atom. The van der Waals surface area contributed by atoms with E-state index in [0.29, 0.717) is 18.0 Å². The number of para-hydroxylation sites is 1. The smallest absolute Gasteiger partial charge is 0.197 e. The standard InChI is InChI=1S/C11H15N5O2/c1-15-10(7-17)16(14-13-15)9-5-3-4-8(6-12)11(9)18-2/h3-5,7,10H,6,12H2,1-2H3. The van der Waals surface area contributed by atoms with Crippen molar-refractivity contribution in [1.29, 1.82) is 0 Å². The van der Waals surface area contributed by atoms with Crippen molar-refractivity contribution in [1.82, 2.24) is 5.01 Å². The van der Waals surface area contributed by atoms with Gasteiger partial charge in [-0.2, -0.15) is 0 Å². The Balaban J connectivity index is 2.45. The van der Waals surface area contributed by atoms with Crippen molar-refractivity contribution in [2.24, 2.45) is 16.2 Å². The van der Waals surface area contributed by atoms with E-state index in [4.69, 9.17) is 10.5 Å². The first-order valence-corrected chi connectivity index (χ1v) is 5.47. The van der Waals surface area contributed by atoms with Crippen molar-refractivity contribution in [3.8, 4) is 5.75 Å². The highest BCUT2D eigenvalue weighted by Crippen LogP contribution is 2.35. The fourth-order valence-corrected chi connectivity index (χ4v) is 1.85. The number of nitrogens with two attached hydrogens (primary N) is 1. The third-order valence-electron chi connectivity index (χ3n) is 2.78. The molecular weight excluding hydrogens is 234 g/mol. The highest BCUT2D eigenvalue weighted by atomic mass is 16.5. The van der Waals surface area contributed by atoms with Crippen molar-refractivity contribution in [2.45, 2.75) is 12.7 Å². The van der Waals surface area contributed by atoms with Crippen molar-refractivity contribution >= 4 is 12.0 Å². The summed E-state index contributed by atoms with van der Waals surface area (Å²) >= 11 is 0. The maximum absolute atomic E-state index is 11.1. The molecule has 1 heterocycles. The van der Waals surface area contributed by atoms with E-state index in [-0.39, 0.29) is 0 Å². The van der Waals surface area contributed by atoms with Crippen molar-refractivity contribution in [2.75, 3.05) is 19.2 Å². The second-order valence-corrected chi connectivity index (χ2v) is 3.82. The van der Waals surface area contributed by atoms with Crippen molar-refractivity contribution in [3.05, 3.63) is 23.8 Å². The maximum Gasteiger partial charge on any atom is 0.197 e. The number of hydrogen-bond acceptors (Lipinski definition) is 7. The monoisotopic (exact) mass is 249 g/mol. The minimum absolute atomic E-state index is 0.351. The summed E-state index contributed by atoms with van der Waals surface area (Å²) < 4.78 is 5.35. The van der Waals surface area contributed by atoms with Crippen LogP contribution in [-0.2, 0) is 11.3 Å². The number of carbonyl (C=O) groups excluding carboxylic acids is 1. The van der Waals surface area contributed by atoms with E-state index in [1.54, 1.807) is 14.2 Å². The normalized spacial score (nSPS) is 18.3. The molecule has 0 spiro atoms. The van der Waals surface area contributed by atoms with Gasteiger partial charge in [0.15, 0.2) is 12.5 Å². The number of benzene rings is 1. The van der Waals surface area contributed by atoms with Gasteiger partial charge in [0.05, 0.1) is 7.11 Å². The molecule has 0 amide bonds. The molecule has 1 aliphatic rings. The largest absolute Gasteiger partial charge is 0.494 e. The van der Waals surface area contributed by atoms with Crippen LogP contribution in [0.1, 0.15) is 5.56 Å². The number of nitrogens with zero attached hydrogens (tertiary/aromatic N) is 4. The predicted molar refractivity (Wildman–Crippen MR) is 65.8 cm³/mol. The first-order chi connectivity index (χ1) is 8.72. The predicted octanol–water partition coefficient (Wildman–Crippen LogP) is 0.713. The molecule has 0 aromatic heterocycles. The number of ether oxygens (including phenoxy) is 1. The second-order valence-electron chi connectivity index (χ2n) is 3.82. The maximum atomic E-state index is 11.1. The molecule has 18 heavy (non-hydrogen) atoms. The molecule has 1 aromatic carbocycles. The van der Waals surface area contributed by atoms with Crippen LogP contribution >= 0.6 is 0 Å². The molecule has 1 aliphatic heterocycles. The van der Waals surface area contributed by atoms with E-state index in [1.807, 2.05) is 18.2 Å². The summed E-state index contributed by atoms with van der Waals surface area (Å²) in [5, 5.41) is 10.8. The number of rotatable bonds is 4. The number of hydrogen-bond donors (Lipinski definition) is 1. The third-order valence-corrected chi connectivity index (χ3v) is 2.78. The summed E-state index contributed by atoms with van der Waals surface area (Å²) in [5.41, 5.74) is 7.18. The molecule has 0 fully saturated rings. The average Bonchev–Trinajstić information content (AvgIpc) is 2.78. The van der Waals surface area contributed by atoms with Gasteiger partial charge in [-0.05, 0) is 11.3 Å². The zero-order valence-corrected chi connectivity index (χ0v) is 10.3. The number of likely N-dealkylation sites (N-methyl/N-ethyl adjacent to an activating group) is 1. The fourth-order valence-electron chi connectivity index (χ4n) is 1.85. The summed E-state index contributed by atoms with van der Waals surface area (Å²) in [4.78, 5) is 11.1. The van der Waals surface area contributed by atoms with E-state index in [9.17, 15) is 4.79 Å². The SMILES string of the molecule is COc1c(CN)cccc1N1N=NN(C)C1C=O. The molecule has 0 saturated carbocycles. The Kier molecular flexibility index (Phi) is 3.42. The fraction of sp³-hybridized carbons (Fsp3) is 0.364. The van der Waals surface area contributed by atoms with Crippen LogP contribution in [-0.4, -0.2) is 31.6 Å². The Hall–Kier alpha value is -2.15. The molecule has 7 nitrogen and oxygen atoms in total. The van der Waals surface area contributed by atoms with Crippen LogP contribution in [0.3, 0.4) is 0 Å². The van der Waals surface area contributed by atoms with E-state index in [2.05, 4.69) is 10.4 Å². The minimum Gasteiger partial charge on any atom is -0.494 e. The Morgan fingerprint density at radius 3 is 2.89 bits per heavy atom. The van der Waals surface area contributed by atoms with Gasteiger partial charge in [-0.15, -0.1) is 0 Å². The number of carbonyl (C=O) groups is 1. The van der Waals surface area contributed by atoms with Crippen LogP contribution < -0.4 is 15.5 Å². The summed E-state index contributed by atoms with van der Waals surface area (Å²) in [6.45, 7) is 0.351. The minimum atomic E-state index is -0.563. The van der Waals surface area contributed by atoms with Crippen molar-refractivity contribution < 1.29 is 9.53 Å². The Bertz CT molecular complexity index is 477. The molecule has 2 N–H and O–H groups in total. The van der Waals surface area contributed by atoms with Crippen LogP contribution in [0.25, 0.3) is 0 Å². The summed E-state index contributed by atoms with van der Waals surface area (Å²) in [5.74, 6) is 0.612. The van der Waals surface area contributed by atoms with E-state index >= 15 is 0 Å². The third kappa shape index (κ3) is 1.88. The van der Waals surface area contributed by atoms with E-state index in [0.717, 1.165) is 11.8 Å². The molecule has 0 radical (unpaired) electrons. The first kappa shape index (κ1) is 12.3. The van der Waals surface area contributed by atoms with Gasteiger partial charge < -0.3 is 10.5 Å². The van der Waals surface area contributed by atoms with Gasteiger partial charge in [0.25, 0.3) is 0 Å². The van der Waals surface area contributed by atoms with E-state index in [1.165, 1.54) is 10.0 Å². The zero-order chi connectivity index (χ0) is 13.1. The molecule has 7 heteroatoms. The lowest BCUT2D eigenvalue weighted by Gasteiger charge is -2.23. The molecule has 1 unspecified atom stereocenters. The lowest BCUT2D eigenvalue weighted by Crippen LogP contribution is -2.37. The van der Waals surface area contributed by atoms with Gasteiger partial charge in [0.1, 0.15) is 11.4 Å². The summed E-state index contributed by atoms with van der Waals surface area (Å²) in [6, 6.07) is 5.53. The second kappa shape index (κ2) is 5.01. The summed E-state index contributed by atoms with van der Waals surface area (Å²) in [7, 11) is 3.24. The average molecular weight is 249 g/mol. The van der Waals surface area contributed by atoms with Gasteiger partial charge >= 0.3 is 0 Å². The van der Waals surface area contributed by atoms with Gasteiger partial charge in [0, 0.05) is 19.2 Å². The lowest BCUT2D eigenvalue weighted by molar-refractivity contribution is -0.111. The number of anilines is 1.